The van der Waals surface area contributed by atoms with Crippen LogP contribution < -0.4 is 5.73 Å². The van der Waals surface area contributed by atoms with E-state index in [2.05, 4.69) is 0 Å². The summed E-state index contributed by atoms with van der Waals surface area (Å²) in [6.07, 6.45) is 0.435. The number of carbonyl (C=O) groups is 2. The molecular formula is C14H17FN2O4S. The van der Waals surface area contributed by atoms with Gasteiger partial charge in [0.05, 0.1) is 10.8 Å². The molecule has 2 N–H and O–H groups in total. The van der Waals surface area contributed by atoms with Gasteiger partial charge in [0.15, 0.2) is 9.84 Å². The van der Waals surface area contributed by atoms with Gasteiger partial charge in [0.1, 0.15) is 11.1 Å². The number of benzene rings is 1. The highest BCUT2D eigenvalue weighted by atomic mass is 32.2. The summed E-state index contributed by atoms with van der Waals surface area (Å²) < 4.78 is 37.7. The number of carbonyl (C=O) groups excluding carboxylic acids is 2. The number of likely N-dealkylation sites (tertiary alicyclic amines) is 1. The van der Waals surface area contributed by atoms with E-state index in [0.717, 1.165) is 24.3 Å². The molecule has 2 rings (SSSR count). The summed E-state index contributed by atoms with van der Waals surface area (Å²) in [6.45, 7) is 1.73. The predicted octanol–water partition coefficient (Wildman–Crippen LogP) is 0.322. The van der Waals surface area contributed by atoms with E-state index in [0.29, 0.717) is 13.0 Å². The number of primary amides is 1. The summed E-state index contributed by atoms with van der Waals surface area (Å²) >= 11 is 0. The molecule has 1 aliphatic rings. The van der Waals surface area contributed by atoms with E-state index in [9.17, 15) is 22.4 Å². The van der Waals surface area contributed by atoms with Gasteiger partial charge in [-0.1, -0.05) is 0 Å². The van der Waals surface area contributed by atoms with Gasteiger partial charge < -0.3 is 10.6 Å². The van der Waals surface area contributed by atoms with Crippen LogP contribution >= 0.6 is 0 Å². The Morgan fingerprint density at radius 2 is 1.91 bits per heavy atom. The molecule has 0 saturated carbocycles. The predicted molar refractivity (Wildman–Crippen MR) is 76.9 cm³/mol. The Hall–Kier alpha value is -1.96. The molecule has 1 fully saturated rings. The lowest BCUT2D eigenvalue weighted by Gasteiger charge is -2.21. The molecule has 8 heteroatoms. The van der Waals surface area contributed by atoms with E-state index >= 15 is 0 Å². The normalized spacial score (nSPS) is 19.9. The lowest BCUT2D eigenvalue weighted by atomic mass is 10.1. The van der Waals surface area contributed by atoms with Crippen LogP contribution in [0.5, 0.6) is 0 Å². The van der Waals surface area contributed by atoms with Gasteiger partial charge >= 0.3 is 0 Å². The van der Waals surface area contributed by atoms with Crippen molar-refractivity contribution in [1.82, 2.24) is 4.90 Å². The molecule has 6 nitrogen and oxygen atoms in total. The molecule has 0 bridgehead atoms. The molecule has 0 radical (unpaired) electrons. The first kappa shape index (κ1) is 16.4. The number of halogens is 1. The Bertz CT molecular complexity index is 687. The summed E-state index contributed by atoms with van der Waals surface area (Å²) in [5, 5.41) is -1.30. The summed E-state index contributed by atoms with van der Waals surface area (Å²) in [5.74, 6) is -2.07. The zero-order chi connectivity index (χ0) is 16.5. The lowest BCUT2D eigenvalue weighted by molar-refractivity contribution is -0.129. The van der Waals surface area contributed by atoms with Crippen LogP contribution in [0.2, 0.25) is 0 Å². The average molecular weight is 328 g/mol. The highest BCUT2D eigenvalue weighted by Crippen LogP contribution is 2.22. The maximum absolute atomic E-state index is 12.9. The maximum Gasteiger partial charge on any atom is 0.241 e. The number of nitrogens with zero attached hydrogens (tertiary/aromatic N) is 1. The standard InChI is InChI=1S/C14H17FN2O4S/c1-9(14(19)17-7-6-10(8-17)13(16)18)22(20,21)12-4-2-11(15)3-5-12/h2-5,9-10H,6-8H2,1H3,(H2,16,18)/t9-,10+/m0/s1. The fraction of sp³-hybridized carbons (Fsp3) is 0.429. The zero-order valence-corrected chi connectivity index (χ0v) is 12.8. The third kappa shape index (κ3) is 3.11. The Kier molecular flexibility index (Phi) is 4.50. The topological polar surface area (TPSA) is 97.5 Å². The summed E-state index contributed by atoms with van der Waals surface area (Å²) in [4.78, 5) is 24.7. The summed E-state index contributed by atoms with van der Waals surface area (Å²) in [7, 11) is -3.90. The van der Waals surface area contributed by atoms with Crippen molar-refractivity contribution >= 4 is 21.7 Å². The Morgan fingerprint density at radius 1 is 1.32 bits per heavy atom. The van der Waals surface area contributed by atoms with Crippen molar-refractivity contribution in [3.8, 4) is 0 Å². The van der Waals surface area contributed by atoms with Gasteiger partial charge in [-0.3, -0.25) is 9.59 Å². The molecule has 22 heavy (non-hydrogen) atoms. The Balaban J connectivity index is 2.16. The number of nitrogens with two attached hydrogens (primary N) is 1. The van der Waals surface area contributed by atoms with Gasteiger partial charge in [0, 0.05) is 13.1 Å². The Morgan fingerprint density at radius 3 is 2.41 bits per heavy atom. The van der Waals surface area contributed by atoms with Crippen LogP contribution in [0.15, 0.2) is 29.2 Å². The molecule has 120 valence electrons. The lowest BCUT2D eigenvalue weighted by Crippen LogP contribution is -2.41. The number of hydrogen-bond acceptors (Lipinski definition) is 4. The van der Waals surface area contributed by atoms with E-state index in [1.54, 1.807) is 0 Å². The van der Waals surface area contributed by atoms with Crippen molar-refractivity contribution in [3.05, 3.63) is 30.1 Å². The first-order valence-electron chi connectivity index (χ1n) is 6.81. The second kappa shape index (κ2) is 6.04. The summed E-state index contributed by atoms with van der Waals surface area (Å²) in [5.41, 5.74) is 5.20. The number of rotatable bonds is 4. The van der Waals surface area contributed by atoms with Crippen molar-refractivity contribution < 1.29 is 22.4 Å². The smallest absolute Gasteiger partial charge is 0.241 e. The molecule has 0 aromatic heterocycles. The molecule has 1 aromatic rings. The minimum absolute atomic E-state index is 0.111. The molecule has 1 heterocycles. The molecule has 1 aromatic carbocycles. The van der Waals surface area contributed by atoms with E-state index in [-0.39, 0.29) is 11.4 Å². The summed E-state index contributed by atoms with van der Waals surface area (Å²) in [6, 6.07) is 4.32. The van der Waals surface area contributed by atoms with Gasteiger partial charge in [-0.05, 0) is 37.6 Å². The first-order valence-corrected chi connectivity index (χ1v) is 8.35. The largest absolute Gasteiger partial charge is 0.369 e. The maximum atomic E-state index is 12.9. The number of hydrogen-bond donors (Lipinski definition) is 1. The molecule has 0 spiro atoms. The molecule has 2 atom stereocenters. The van der Waals surface area contributed by atoms with E-state index in [1.165, 1.54) is 11.8 Å². The number of sulfone groups is 1. The van der Waals surface area contributed by atoms with Crippen LogP contribution in [0.4, 0.5) is 4.39 Å². The van der Waals surface area contributed by atoms with Crippen molar-refractivity contribution in [2.75, 3.05) is 13.1 Å². The quantitative estimate of drug-likeness (QED) is 0.805. The first-order chi connectivity index (χ1) is 10.2. The number of amides is 2. The van der Waals surface area contributed by atoms with Gasteiger partial charge in [0.25, 0.3) is 0 Å². The van der Waals surface area contributed by atoms with E-state index in [4.69, 9.17) is 5.73 Å². The minimum Gasteiger partial charge on any atom is -0.369 e. The van der Waals surface area contributed by atoms with Crippen LogP contribution in [-0.2, 0) is 19.4 Å². The molecule has 0 aliphatic carbocycles. The SMILES string of the molecule is C[C@@H](C(=O)N1CC[C@@H](C(N)=O)C1)S(=O)(=O)c1ccc(F)cc1. The van der Waals surface area contributed by atoms with Gasteiger partial charge in [-0.2, -0.15) is 0 Å². The molecule has 1 saturated heterocycles. The van der Waals surface area contributed by atoms with Crippen molar-refractivity contribution in [1.29, 1.82) is 0 Å². The molecule has 1 aliphatic heterocycles. The third-order valence-corrected chi connectivity index (χ3v) is 5.92. The van der Waals surface area contributed by atoms with Crippen molar-refractivity contribution in [3.63, 3.8) is 0 Å². The van der Waals surface area contributed by atoms with E-state index < -0.39 is 38.6 Å². The monoisotopic (exact) mass is 328 g/mol. The van der Waals surface area contributed by atoms with Crippen molar-refractivity contribution in [2.45, 2.75) is 23.5 Å². The van der Waals surface area contributed by atoms with E-state index in [1.807, 2.05) is 0 Å². The molecule has 0 unspecified atom stereocenters. The zero-order valence-electron chi connectivity index (χ0n) is 12.0. The second-order valence-corrected chi connectivity index (χ2v) is 7.58. The van der Waals surface area contributed by atoms with Crippen LogP contribution in [0.25, 0.3) is 0 Å². The van der Waals surface area contributed by atoms with Gasteiger partial charge in [-0.15, -0.1) is 0 Å². The van der Waals surface area contributed by atoms with Crippen molar-refractivity contribution in [2.24, 2.45) is 11.7 Å². The van der Waals surface area contributed by atoms with Gasteiger partial charge in [0.2, 0.25) is 11.8 Å². The molecule has 2 amide bonds. The van der Waals surface area contributed by atoms with Gasteiger partial charge in [-0.25, -0.2) is 12.8 Å². The van der Waals surface area contributed by atoms with Crippen LogP contribution in [0, 0.1) is 11.7 Å². The fourth-order valence-corrected chi connectivity index (χ4v) is 3.75. The highest BCUT2D eigenvalue weighted by molar-refractivity contribution is 7.92. The average Bonchev–Trinajstić information content (AvgIpc) is 2.96. The fourth-order valence-electron chi connectivity index (χ4n) is 2.41. The highest BCUT2D eigenvalue weighted by Gasteiger charge is 2.37. The van der Waals surface area contributed by atoms with Crippen LogP contribution in [0.1, 0.15) is 13.3 Å². The molecular weight excluding hydrogens is 311 g/mol. The minimum atomic E-state index is -3.90. The second-order valence-electron chi connectivity index (χ2n) is 5.31. The Labute approximate surface area is 128 Å². The van der Waals surface area contributed by atoms with Crippen LogP contribution in [0.3, 0.4) is 0 Å². The third-order valence-electron chi connectivity index (χ3n) is 3.86. The van der Waals surface area contributed by atoms with Crippen LogP contribution in [-0.4, -0.2) is 43.5 Å².